The average Bonchev–Trinajstić information content (AvgIpc) is 2.15. The summed E-state index contributed by atoms with van der Waals surface area (Å²) in [5, 5.41) is 0. The highest BCUT2D eigenvalue weighted by molar-refractivity contribution is 7.99. The molecule has 0 radical (unpaired) electrons. The Morgan fingerprint density at radius 3 is 2.70 bits per heavy atom. The Hall–Kier alpha value is -0.180. The van der Waals surface area contributed by atoms with Crippen LogP contribution in [-0.2, 0) is 0 Å². The number of hydrogen-bond acceptors (Lipinski definition) is 2. The highest BCUT2D eigenvalue weighted by Crippen LogP contribution is 2.25. The van der Waals surface area contributed by atoms with E-state index in [0.717, 1.165) is 11.6 Å². The molecule has 1 saturated heterocycles. The summed E-state index contributed by atoms with van der Waals surface area (Å²) in [7, 11) is 0. The van der Waals surface area contributed by atoms with Crippen molar-refractivity contribution in [2.45, 2.75) is 19.9 Å². The number of thioether (sulfide) groups is 1. The van der Waals surface area contributed by atoms with E-state index in [4.69, 9.17) is 5.73 Å². The third kappa shape index (κ3) is 1.90. The minimum atomic E-state index is 0.481. The van der Waals surface area contributed by atoms with Gasteiger partial charge in [-0.3, -0.25) is 4.99 Å². The maximum absolute atomic E-state index is 5.48. The van der Waals surface area contributed by atoms with Crippen LogP contribution in [0.5, 0.6) is 0 Å². The molecule has 0 bridgehead atoms. The van der Waals surface area contributed by atoms with Crippen LogP contribution in [0.1, 0.15) is 13.8 Å². The summed E-state index contributed by atoms with van der Waals surface area (Å²) in [6.07, 6.45) is 0. The van der Waals surface area contributed by atoms with Crippen LogP contribution in [0.25, 0.3) is 0 Å². The lowest BCUT2D eigenvalue weighted by atomic mass is 10.1. The van der Waals surface area contributed by atoms with E-state index in [9.17, 15) is 0 Å². The minimum Gasteiger partial charge on any atom is -0.388 e. The van der Waals surface area contributed by atoms with Gasteiger partial charge in [0.1, 0.15) is 0 Å². The molecule has 3 heteroatoms. The highest BCUT2D eigenvalue weighted by atomic mass is 32.2. The van der Waals surface area contributed by atoms with Crippen molar-refractivity contribution in [2.24, 2.45) is 16.6 Å². The van der Waals surface area contributed by atoms with Crippen molar-refractivity contribution < 1.29 is 0 Å². The Balaban J connectivity index is 2.48. The Kier molecular flexibility index (Phi) is 2.60. The first-order chi connectivity index (χ1) is 4.70. The number of aliphatic imine (C=N–C) groups is 1. The van der Waals surface area contributed by atoms with E-state index in [1.165, 1.54) is 5.75 Å². The van der Waals surface area contributed by atoms with Crippen molar-refractivity contribution in [2.75, 3.05) is 11.5 Å². The lowest BCUT2D eigenvalue weighted by molar-refractivity contribution is 0.568. The predicted molar refractivity (Wildman–Crippen MR) is 47.6 cm³/mol. The maximum atomic E-state index is 5.48. The summed E-state index contributed by atoms with van der Waals surface area (Å²) >= 11 is 1.97. The van der Waals surface area contributed by atoms with Crippen LogP contribution < -0.4 is 5.73 Å². The van der Waals surface area contributed by atoms with Gasteiger partial charge in [-0.05, 0) is 18.6 Å². The molecule has 1 aliphatic rings. The summed E-state index contributed by atoms with van der Waals surface area (Å²) in [5.41, 5.74) is 5.48. The molecule has 1 aliphatic heterocycles. The second kappa shape index (κ2) is 3.28. The maximum Gasteiger partial charge on any atom is 0.0909 e. The monoisotopic (exact) mass is 158 g/mol. The molecule has 2 atom stereocenters. The second-order valence-corrected chi connectivity index (χ2v) is 3.93. The van der Waals surface area contributed by atoms with Crippen LogP contribution >= 0.6 is 11.8 Å². The van der Waals surface area contributed by atoms with Crippen molar-refractivity contribution in [1.29, 1.82) is 0 Å². The highest BCUT2D eigenvalue weighted by Gasteiger charge is 2.22. The van der Waals surface area contributed by atoms with Crippen LogP contribution in [0.4, 0.5) is 0 Å². The molecule has 0 aromatic carbocycles. The molecule has 2 unspecified atom stereocenters. The van der Waals surface area contributed by atoms with Crippen molar-refractivity contribution >= 4 is 17.6 Å². The molecule has 2 nitrogen and oxygen atoms in total. The molecule has 0 aliphatic carbocycles. The number of nitrogens with two attached hydrogens (primary N) is 1. The van der Waals surface area contributed by atoms with Crippen molar-refractivity contribution in [3.8, 4) is 0 Å². The predicted octanol–water partition coefficient (Wildman–Crippen LogP) is 1.11. The Morgan fingerprint density at radius 2 is 2.30 bits per heavy atom. The van der Waals surface area contributed by atoms with Gasteiger partial charge in [-0.1, -0.05) is 6.92 Å². The average molecular weight is 158 g/mol. The lowest BCUT2D eigenvalue weighted by Crippen LogP contribution is -2.18. The summed E-state index contributed by atoms with van der Waals surface area (Å²) in [4.78, 5) is 4.33. The second-order valence-electron chi connectivity index (χ2n) is 2.85. The first-order valence-corrected chi connectivity index (χ1v) is 4.73. The molecule has 0 spiro atoms. The molecular weight excluding hydrogens is 144 g/mol. The fourth-order valence-electron chi connectivity index (χ4n) is 1.08. The SMILES string of the molecule is CC(N)=NC1CSCC1C. The summed E-state index contributed by atoms with van der Waals surface area (Å²) in [6, 6.07) is 0.481. The number of rotatable bonds is 1. The fourth-order valence-corrected chi connectivity index (χ4v) is 2.45. The topological polar surface area (TPSA) is 38.4 Å². The van der Waals surface area contributed by atoms with Crippen LogP contribution in [0.2, 0.25) is 0 Å². The van der Waals surface area contributed by atoms with Gasteiger partial charge in [0, 0.05) is 5.75 Å². The van der Waals surface area contributed by atoms with E-state index in [1.54, 1.807) is 0 Å². The van der Waals surface area contributed by atoms with Crippen molar-refractivity contribution in [3.05, 3.63) is 0 Å². The van der Waals surface area contributed by atoms with Crippen LogP contribution in [0, 0.1) is 5.92 Å². The van der Waals surface area contributed by atoms with Gasteiger partial charge >= 0.3 is 0 Å². The van der Waals surface area contributed by atoms with Gasteiger partial charge in [-0.2, -0.15) is 11.8 Å². The number of hydrogen-bond donors (Lipinski definition) is 1. The van der Waals surface area contributed by atoms with E-state index in [1.807, 2.05) is 18.7 Å². The molecule has 0 amide bonds. The van der Waals surface area contributed by atoms with E-state index in [-0.39, 0.29) is 0 Å². The van der Waals surface area contributed by atoms with Gasteiger partial charge in [0.2, 0.25) is 0 Å². The third-order valence-electron chi connectivity index (χ3n) is 1.70. The summed E-state index contributed by atoms with van der Waals surface area (Å²) in [6.45, 7) is 4.09. The van der Waals surface area contributed by atoms with E-state index >= 15 is 0 Å². The standard InChI is InChI=1S/C7H14N2S/c1-5-3-10-4-7(5)9-6(2)8/h5,7H,3-4H2,1-2H3,(H2,8,9). The first-order valence-electron chi connectivity index (χ1n) is 3.58. The Labute approximate surface area is 66.3 Å². The molecule has 58 valence electrons. The third-order valence-corrected chi connectivity index (χ3v) is 3.03. The smallest absolute Gasteiger partial charge is 0.0909 e. The molecule has 1 rings (SSSR count). The zero-order valence-corrected chi connectivity index (χ0v) is 7.32. The summed E-state index contributed by atoms with van der Waals surface area (Å²) < 4.78 is 0. The molecule has 10 heavy (non-hydrogen) atoms. The van der Waals surface area contributed by atoms with Gasteiger partial charge in [-0.25, -0.2) is 0 Å². The van der Waals surface area contributed by atoms with Gasteiger partial charge in [0.15, 0.2) is 0 Å². The zero-order valence-electron chi connectivity index (χ0n) is 6.50. The first kappa shape index (κ1) is 7.92. The molecule has 1 heterocycles. The van der Waals surface area contributed by atoms with Crippen molar-refractivity contribution in [1.82, 2.24) is 0 Å². The molecule has 0 saturated carbocycles. The number of amidine groups is 1. The van der Waals surface area contributed by atoms with E-state index < -0.39 is 0 Å². The quantitative estimate of drug-likeness (QED) is 0.458. The largest absolute Gasteiger partial charge is 0.388 e. The van der Waals surface area contributed by atoms with Gasteiger partial charge in [0.05, 0.1) is 11.9 Å². The molecular formula is C7H14N2S. The fraction of sp³-hybridized carbons (Fsp3) is 0.857. The minimum absolute atomic E-state index is 0.481. The van der Waals surface area contributed by atoms with Gasteiger partial charge in [-0.15, -0.1) is 0 Å². The van der Waals surface area contributed by atoms with Crippen LogP contribution in [-0.4, -0.2) is 23.4 Å². The number of nitrogens with zero attached hydrogens (tertiary/aromatic N) is 1. The van der Waals surface area contributed by atoms with Gasteiger partial charge < -0.3 is 5.73 Å². The molecule has 1 fully saturated rings. The normalized spacial score (nSPS) is 34.8. The molecule has 0 aromatic rings. The lowest BCUT2D eigenvalue weighted by Gasteiger charge is -2.08. The zero-order chi connectivity index (χ0) is 7.56. The molecule has 0 aromatic heterocycles. The van der Waals surface area contributed by atoms with Gasteiger partial charge in [0.25, 0.3) is 0 Å². The van der Waals surface area contributed by atoms with Crippen LogP contribution in [0.15, 0.2) is 4.99 Å². The summed E-state index contributed by atoms with van der Waals surface area (Å²) in [5.74, 6) is 3.82. The Bertz CT molecular complexity index is 141. The molecule has 2 N–H and O–H groups in total. The Morgan fingerprint density at radius 1 is 1.60 bits per heavy atom. The van der Waals surface area contributed by atoms with Crippen molar-refractivity contribution in [3.63, 3.8) is 0 Å². The van der Waals surface area contributed by atoms with Crippen LogP contribution in [0.3, 0.4) is 0 Å². The van der Waals surface area contributed by atoms with E-state index in [0.29, 0.717) is 12.0 Å². The van der Waals surface area contributed by atoms with E-state index in [2.05, 4.69) is 11.9 Å².